The van der Waals surface area contributed by atoms with Crippen molar-refractivity contribution in [2.24, 2.45) is 0 Å². The van der Waals surface area contributed by atoms with Crippen LogP contribution in [0.5, 0.6) is 0 Å². The van der Waals surface area contributed by atoms with Gasteiger partial charge in [-0.05, 0) is 64.1 Å². The molecule has 0 aromatic heterocycles. The molecule has 5 nitrogen and oxygen atoms in total. The highest BCUT2D eigenvalue weighted by Crippen LogP contribution is 2.20. The van der Waals surface area contributed by atoms with Gasteiger partial charge in [0.05, 0.1) is 4.75 Å². The van der Waals surface area contributed by atoms with Gasteiger partial charge >= 0.3 is 0 Å². The van der Waals surface area contributed by atoms with Crippen LogP contribution in [0.3, 0.4) is 0 Å². The van der Waals surface area contributed by atoms with E-state index in [4.69, 9.17) is 0 Å². The van der Waals surface area contributed by atoms with Crippen LogP contribution in [0.4, 0.5) is 11.4 Å². The minimum absolute atomic E-state index is 0.246. The van der Waals surface area contributed by atoms with Crippen molar-refractivity contribution in [2.45, 2.75) is 32.4 Å². The number of sulfonamides is 1. The summed E-state index contributed by atoms with van der Waals surface area (Å²) in [5.74, 6) is -0.246. The van der Waals surface area contributed by atoms with E-state index in [0.717, 1.165) is 5.56 Å². The highest BCUT2D eigenvalue weighted by molar-refractivity contribution is 7.94. The molecular weight excluding hydrogens is 324 g/mol. The maximum absolute atomic E-state index is 12.2. The number of nitrogens with one attached hydrogen (secondary N) is 2. The van der Waals surface area contributed by atoms with Gasteiger partial charge in [0.25, 0.3) is 5.91 Å². The van der Waals surface area contributed by atoms with E-state index in [0.29, 0.717) is 16.9 Å². The van der Waals surface area contributed by atoms with Gasteiger partial charge in [-0.15, -0.1) is 0 Å². The number of amides is 1. The van der Waals surface area contributed by atoms with Crippen LogP contribution in [-0.2, 0) is 10.0 Å². The Morgan fingerprint density at radius 3 is 1.88 bits per heavy atom. The summed E-state index contributed by atoms with van der Waals surface area (Å²) in [6, 6.07) is 13.8. The second kappa shape index (κ2) is 6.65. The highest BCUT2D eigenvalue weighted by Gasteiger charge is 2.28. The lowest BCUT2D eigenvalue weighted by Gasteiger charge is -2.20. The molecule has 24 heavy (non-hydrogen) atoms. The lowest BCUT2D eigenvalue weighted by Crippen LogP contribution is -2.33. The Kier molecular flexibility index (Phi) is 4.99. The Hall–Kier alpha value is -2.34. The van der Waals surface area contributed by atoms with Crippen molar-refractivity contribution >= 4 is 27.3 Å². The fourth-order valence-electron chi connectivity index (χ4n) is 1.84. The topological polar surface area (TPSA) is 75.3 Å². The van der Waals surface area contributed by atoms with Crippen molar-refractivity contribution < 1.29 is 13.2 Å². The number of hydrogen-bond acceptors (Lipinski definition) is 3. The molecule has 2 aromatic carbocycles. The molecule has 0 radical (unpaired) electrons. The first-order valence-corrected chi connectivity index (χ1v) is 9.07. The molecule has 0 atom stereocenters. The van der Waals surface area contributed by atoms with Crippen LogP contribution in [0.1, 0.15) is 36.7 Å². The van der Waals surface area contributed by atoms with Crippen LogP contribution in [0, 0.1) is 6.92 Å². The van der Waals surface area contributed by atoms with Gasteiger partial charge in [-0.1, -0.05) is 17.7 Å². The van der Waals surface area contributed by atoms with Gasteiger partial charge in [-0.25, -0.2) is 8.42 Å². The molecule has 0 spiro atoms. The van der Waals surface area contributed by atoms with Crippen molar-refractivity contribution in [1.29, 1.82) is 0 Å². The van der Waals surface area contributed by atoms with Gasteiger partial charge in [0.2, 0.25) is 10.0 Å². The molecular formula is C18H22N2O3S. The van der Waals surface area contributed by atoms with Crippen molar-refractivity contribution in [1.82, 2.24) is 0 Å². The largest absolute Gasteiger partial charge is 0.322 e. The number of aryl methyl sites for hydroxylation is 1. The van der Waals surface area contributed by atoms with E-state index in [1.165, 1.54) is 0 Å². The minimum Gasteiger partial charge on any atom is -0.322 e. The molecule has 0 aliphatic carbocycles. The van der Waals surface area contributed by atoms with Gasteiger partial charge in [-0.3, -0.25) is 9.52 Å². The Labute approximate surface area is 143 Å². The van der Waals surface area contributed by atoms with Crippen molar-refractivity contribution in [3.63, 3.8) is 0 Å². The maximum atomic E-state index is 12.2. The smallest absolute Gasteiger partial charge is 0.255 e. The van der Waals surface area contributed by atoms with Crippen LogP contribution < -0.4 is 10.0 Å². The second-order valence-electron chi connectivity index (χ2n) is 6.62. The fourth-order valence-corrected chi connectivity index (χ4v) is 2.59. The molecule has 0 aliphatic heterocycles. The second-order valence-corrected chi connectivity index (χ2v) is 9.05. The average molecular weight is 346 g/mol. The number of hydrogen-bond donors (Lipinski definition) is 2. The van der Waals surface area contributed by atoms with Gasteiger partial charge in [0.1, 0.15) is 0 Å². The molecule has 0 unspecified atom stereocenters. The van der Waals surface area contributed by atoms with Crippen LogP contribution in [-0.4, -0.2) is 19.1 Å². The van der Waals surface area contributed by atoms with Gasteiger partial charge < -0.3 is 5.32 Å². The van der Waals surface area contributed by atoms with Crippen LogP contribution in [0.15, 0.2) is 48.5 Å². The van der Waals surface area contributed by atoms with Crippen molar-refractivity contribution in [3.05, 3.63) is 59.7 Å². The lowest BCUT2D eigenvalue weighted by atomic mass is 10.2. The zero-order valence-corrected chi connectivity index (χ0v) is 15.1. The van der Waals surface area contributed by atoms with E-state index in [2.05, 4.69) is 10.0 Å². The van der Waals surface area contributed by atoms with Gasteiger partial charge in [0.15, 0.2) is 0 Å². The fraction of sp³-hybridized carbons (Fsp3) is 0.278. The monoisotopic (exact) mass is 346 g/mol. The standard InChI is InChI=1S/C18H22N2O3S/c1-13-5-9-15(10-6-13)19-17(21)14-7-11-16(12-8-14)20-24(22,23)18(2,3)4/h5-12,20H,1-4H3,(H,19,21). The Morgan fingerprint density at radius 1 is 0.875 bits per heavy atom. The maximum Gasteiger partial charge on any atom is 0.255 e. The molecule has 0 bridgehead atoms. The van der Waals surface area contributed by atoms with E-state index in [-0.39, 0.29) is 5.91 Å². The molecule has 0 fully saturated rings. The van der Waals surface area contributed by atoms with E-state index in [1.807, 2.05) is 31.2 Å². The molecule has 2 rings (SSSR count). The molecule has 0 saturated carbocycles. The molecule has 0 heterocycles. The summed E-state index contributed by atoms with van der Waals surface area (Å²) >= 11 is 0. The Morgan fingerprint density at radius 2 is 1.38 bits per heavy atom. The van der Waals surface area contributed by atoms with E-state index >= 15 is 0 Å². The molecule has 128 valence electrons. The molecule has 2 aromatic rings. The molecule has 6 heteroatoms. The first kappa shape index (κ1) is 18.0. The van der Waals surface area contributed by atoms with Crippen molar-refractivity contribution in [3.8, 4) is 0 Å². The third kappa shape index (κ3) is 4.35. The predicted molar refractivity (Wildman–Crippen MR) is 97.9 cm³/mol. The van der Waals surface area contributed by atoms with E-state index in [1.54, 1.807) is 45.0 Å². The Balaban J connectivity index is 2.09. The minimum atomic E-state index is -3.49. The average Bonchev–Trinajstić information content (AvgIpc) is 2.49. The molecule has 1 amide bonds. The summed E-state index contributed by atoms with van der Waals surface area (Å²) in [5.41, 5.74) is 2.71. The number of benzene rings is 2. The molecule has 0 saturated heterocycles. The molecule has 0 aliphatic rings. The first-order valence-electron chi connectivity index (χ1n) is 7.59. The van der Waals surface area contributed by atoms with Crippen LogP contribution in [0.2, 0.25) is 0 Å². The van der Waals surface area contributed by atoms with Crippen LogP contribution in [0.25, 0.3) is 0 Å². The summed E-state index contributed by atoms with van der Waals surface area (Å²) in [7, 11) is -3.49. The third-order valence-corrected chi connectivity index (χ3v) is 5.63. The number of rotatable bonds is 4. The van der Waals surface area contributed by atoms with E-state index in [9.17, 15) is 13.2 Å². The first-order chi connectivity index (χ1) is 11.1. The normalized spacial score (nSPS) is 11.8. The van der Waals surface area contributed by atoms with Gasteiger partial charge in [-0.2, -0.15) is 0 Å². The summed E-state index contributed by atoms with van der Waals surface area (Å²) in [5, 5.41) is 2.80. The SMILES string of the molecule is Cc1ccc(NC(=O)c2ccc(NS(=O)(=O)C(C)(C)C)cc2)cc1. The summed E-state index contributed by atoms with van der Waals surface area (Å²) in [6.45, 7) is 6.85. The zero-order chi connectivity index (χ0) is 18.0. The quantitative estimate of drug-likeness (QED) is 0.884. The van der Waals surface area contributed by atoms with Gasteiger partial charge in [0, 0.05) is 16.9 Å². The third-order valence-electron chi connectivity index (χ3n) is 3.51. The van der Waals surface area contributed by atoms with Crippen LogP contribution >= 0.6 is 0 Å². The van der Waals surface area contributed by atoms with Crippen molar-refractivity contribution in [2.75, 3.05) is 10.0 Å². The van der Waals surface area contributed by atoms with E-state index < -0.39 is 14.8 Å². The number of carbonyl (C=O) groups is 1. The predicted octanol–water partition coefficient (Wildman–Crippen LogP) is 3.79. The zero-order valence-electron chi connectivity index (χ0n) is 14.3. The number of carbonyl (C=O) groups excluding carboxylic acids is 1. The highest BCUT2D eigenvalue weighted by atomic mass is 32.2. The summed E-state index contributed by atoms with van der Waals surface area (Å²) < 4.78 is 25.8. The summed E-state index contributed by atoms with van der Waals surface area (Å²) in [4.78, 5) is 12.2. The summed E-state index contributed by atoms with van der Waals surface area (Å²) in [6.07, 6.45) is 0. The molecule has 2 N–H and O–H groups in total. The lowest BCUT2D eigenvalue weighted by molar-refractivity contribution is 0.102. The Bertz CT molecular complexity index is 818. The number of anilines is 2.